The molecule has 0 unspecified atom stereocenters. The van der Waals surface area contributed by atoms with Crippen molar-refractivity contribution in [2.75, 3.05) is 12.8 Å². The zero-order chi connectivity index (χ0) is 19.0. The van der Waals surface area contributed by atoms with Gasteiger partial charge in [-0.05, 0) is 38.8 Å². The van der Waals surface area contributed by atoms with E-state index in [-0.39, 0.29) is 18.3 Å². The average Bonchev–Trinajstić information content (AvgIpc) is 2.94. The number of likely N-dealkylation sites (N-methyl/N-ethyl adjacent to an activating group) is 1. The van der Waals surface area contributed by atoms with Crippen LogP contribution in [0.5, 0.6) is 0 Å². The standard InChI is InChI=1S/C19H24N6O/c1-11-6-7-15(12(2)8-11)10-24(5)17(26)9-16-13(3)21-19-22-18(20)23-25(19)14(16)4/h6-8H,9-10H2,1-5H3,(H2,20,23). The molecule has 0 aliphatic carbocycles. The van der Waals surface area contributed by atoms with E-state index in [4.69, 9.17) is 5.73 Å². The first-order chi connectivity index (χ1) is 12.3. The van der Waals surface area contributed by atoms with Crippen molar-refractivity contribution >= 4 is 17.6 Å². The van der Waals surface area contributed by atoms with Crippen LogP contribution in [0, 0.1) is 27.7 Å². The molecular formula is C19H24N6O. The monoisotopic (exact) mass is 352 g/mol. The Bertz CT molecular complexity index is 991. The van der Waals surface area contributed by atoms with Gasteiger partial charge in [-0.1, -0.05) is 23.8 Å². The molecule has 0 saturated heterocycles. The van der Waals surface area contributed by atoms with Crippen LogP contribution in [0.1, 0.15) is 33.6 Å². The molecule has 0 bridgehead atoms. The first-order valence-corrected chi connectivity index (χ1v) is 8.54. The molecule has 7 nitrogen and oxygen atoms in total. The van der Waals surface area contributed by atoms with Gasteiger partial charge >= 0.3 is 0 Å². The maximum Gasteiger partial charge on any atom is 0.254 e. The number of benzene rings is 1. The largest absolute Gasteiger partial charge is 0.366 e. The lowest BCUT2D eigenvalue weighted by molar-refractivity contribution is -0.129. The number of fused-ring (bicyclic) bond motifs is 1. The minimum Gasteiger partial charge on any atom is -0.366 e. The molecule has 0 aliphatic rings. The smallest absolute Gasteiger partial charge is 0.254 e. The van der Waals surface area contributed by atoms with E-state index in [1.54, 1.807) is 9.42 Å². The fourth-order valence-electron chi connectivity index (χ4n) is 3.13. The van der Waals surface area contributed by atoms with Crippen molar-refractivity contribution in [3.05, 3.63) is 51.8 Å². The van der Waals surface area contributed by atoms with Gasteiger partial charge in [-0.15, -0.1) is 5.10 Å². The summed E-state index contributed by atoms with van der Waals surface area (Å²) in [6.07, 6.45) is 0.266. The number of amides is 1. The summed E-state index contributed by atoms with van der Waals surface area (Å²) >= 11 is 0. The van der Waals surface area contributed by atoms with Crippen molar-refractivity contribution in [3.63, 3.8) is 0 Å². The second-order valence-corrected chi connectivity index (χ2v) is 6.80. The summed E-state index contributed by atoms with van der Waals surface area (Å²) in [7, 11) is 1.83. The van der Waals surface area contributed by atoms with E-state index >= 15 is 0 Å². The number of anilines is 1. The fourth-order valence-corrected chi connectivity index (χ4v) is 3.13. The van der Waals surface area contributed by atoms with Crippen LogP contribution in [0.3, 0.4) is 0 Å². The Morgan fingerprint density at radius 1 is 1.19 bits per heavy atom. The lowest BCUT2D eigenvalue weighted by Gasteiger charge is -2.20. The molecule has 0 fully saturated rings. The summed E-state index contributed by atoms with van der Waals surface area (Å²) in [4.78, 5) is 23.0. The molecule has 0 saturated carbocycles. The van der Waals surface area contributed by atoms with Crippen LogP contribution >= 0.6 is 0 Å². The van der Waals surface area contributed by atoms with E-state index in [1.165, 1.54) is 11.1 Å². The Labute approximate surface area is 152 Å². The zero-order valence-corrected chi connectivity index (χ0v) is 15.9. The maximum atomic E-state index is 12.8. The Hall–Kier alpha value is -2.96. The summed E-state index contributed by atoms with van der Waals surface area (Å²) in [5, 5.41) is 4.15. The van der Waals surface area contributed by atoms with Crippen molar-refractivity contribution < 1.29 is 4.79 Å². The van der Waals surface area contributed by atoms with E-state index < -0.39 is 0 Å². The van der Waals surface area contributed by atoms with Crippen LogP contribution in [0.2, 0.25) is 0 Å². The van der Waals surface area contributed by atoms with Crippen molar-refractivity contribution in [3.8, 4) is 0 Å². The van der Waals surface area contributed by atoms with Crippen LogP contribution < -0.4 is 5.73 Å². The second-order valence-electron chi connectivity index (χ2n) is 6.80. The highest BCUT2D eigenvalue weighted by molar-refractivity contribution is 5.79. The van der Waals surface area contributed by atoms with Crippen molar-refractivity contribution in [1.29, 1.82) is 0 Å². The van der Waals surface area contributed by atoms with Gasteiger partial charge < -0.3 is 10.6 Å². The first-order valence-electron chi connectivity index (χ1n) is 8.54. The zero-order valence-electron chi connectivity index (χ0n) is 15.9. The fraction of sp³-hybridized carbons (Fsp3) is 0.368. The number of rotatable bonds is 4. The summed E-state index contributed by atoms with van der Waals surface area (Å²) in [6.45, 7) is 8.50. The van der Waals surface area contributed by atoms with Crippen molar-refractivity contribution in [2.45, 2.75) is 40.7 Å². The van der Waals surface area contributed by atoms with Gasteiger partial charge in [0.15, 0.2) is 0 Å². The van der Waals surface area contributed by atoms with Gasteiger partial charge in [0, 0.05) is 30.5 Å². The molecule has 3 aromatic rings. The molecule has 2 heterocycles. The highest BCUT2D eigenvalue weighted by Crippen LogP contribution is 2.17. The van der Waals surface area contributed by atoms with Crippen LogP contribution in [0.25, 0.3) is 5.78 Å². The molecule has 1 aromatic carbocycles. The number of nitrogens with zero attached hydrogens (tertiary/aromatic N) is 5. The summed E-state index contributed by atoms with van der Waals surface area (Å²) in [5.41, 5.74) is 11.7. The molecule has 0 spiro atoms. The third-order valence-electron chi connectivity index (χ3n) is 4.72. The van der Waals surface area contributed by atoms with Crippen LogP contribution in [-0.2, 0) is 17.8 Å². The summed E-state index contributed by atoms with van der Waals surface area (Å²) in [6, 6.07) is 6.29. The molecule has 26 heavy (non-hydrogen) atoms. The SMILES string of the molecule is Cc1ccc(CN(C)C(=O)Cc2c(C)nc3nc(N)nn3c2C)c(C)c1. The Morgan fingerprint density at radius 3 is 2.62 bits per heavy atom. The minimum atomic E-state index is 0.0328. The Kier molecular flexibility index (Phi) is 4.63. The Morgan fingerprint density at radius 2 is 1.92 bits per heavy atom. The van der Waals surface area contributed by atoms with Gasteiger partial charge in [-0.2, -0.15) is 9.50 Å². The minimum absolute atomic E-state index is 0.0328. The molecule has 0 aliphatic heterocycles. The van der Waals surface area contributed by atoms with Gasteiger partial charge in [0.25, 0.3) is 5.78 Å². The molecule has 2 N–H and O–H groups in total. The Balaban J connectivity index is 1.82. The highest BCUT2D eigenvalue weighted by atomic mass is 16.2. The average molecular weight is 352 g/mol. The number of nitrogen functional groups attached to an aromatic ring is 1. The van der Waals surface area contributed by atoms with Crippen LogP contribution in [0.15, 0.2) is 18.2 Å². The number of hydrogen-bond acceptors (Lipinski definition) is 5. The highest BCUT2D eigenvalue weighted by Gasteiger charge is 2.18. The molecule has 2 aromatic heterocycles. The second kappa shape index (κ2) is 6.74. The van der Waals surface area contributed by atoms with E-state index in [1.807, 2.05) is 20.9 Å². The number of nitrogens with two attached hydrogens (primary N) is 1. The number of hydrogen-bond donors (Lipinski definition) is 1. The van der Waals surface area contributed by atoms with Gasteiger partial charge in [0.2, 0.25) is 11.9 Å². The molecule has 1 amide bonds. The number of aromatic nitrogens is 4. The van der Waals surface area contributed by atoms with Crippen molar-refractivity contribution in [1.82, 2.24) is 24.5 Å². The lowest BCUT2D eigenvalue weighted by atomic mass is 10.0. The summed E-state index contributed by atoms with van der Waals surface area (Å²) < 4.78 is 1.59. The molecule has 0 radical (unpaired) electrons. The lowest BCUT2D eigenvalue weighted by Crippen LogP contribution is -2.29. The topological polar surface area (TPSA) is 89.4 Å². The summed E-state index contributed by atoms with van der Waals surface area (Å²) in [5.74, 6) is 0.665. The van der Waals surface area contributed by atoms with E-state index in [2.05, 4.69) is 47.1 Å². The van der Waals surface area contributed by atoms with E-state index in [0.717, 1.165) is 22.5 Å². The van der Waals surface area contributed by atoms with Crippen LogP contribution in [0.4, 0.5) is 5.95 Å². The normalized spacial score (nSPS) is 11.1. The predicted molar refractivity (Wildman–Crippen MR) is 101 cm³/mol. The van der Waals surface area contributed by atoms with Gasteiger partial charge in [0.1, 0.15) is 0 Å². The quantitative estimate of drug-likeness (QED) is 0.777. The van der Waals surface area contributed by atoms with Crippen LogP contribution in [-0.4, -0.2) is 37.4 Å². The third-order valence-corrected chi connectivity index (χ3v) is 4.72. The van der Waals surface area contributed by atoms with Gasteiger partial charge in [-0.25, -0.2) is 4.98 Å². The maximum absolute atomic E-state index is 12.8. The first kappa shape index (κ1) is 17.8. The molecule has 3 rings (SSSR count). The van der Waals surface area contributed by atoms with Gasteiger partial charge in [-0.3, -0.25) is 4.79 Å². The number of carbonyl (C=O) groups is 1. The molecule has 7 heteroatoms. The predicted octanol–water partition coefficient (Wildman–Crippen LogP) is 2.14. The van der Waals surface area contributed by atoms with Gasteiger partial charge in [0.05, 0.1) is 6.42 Å². The number of aryl methyl sites for hydroxylation is 4. The molecule has 0 atom stereocenters. The molecular weight excluding hydrogens is 328 g/mol. The molecule has 136 valence electrons. The van der Waals surface area contributed by atoms with E-state index in [9.17, 15) is 4.79 Å². The van der Waals surface area contributed by atoms with E-state index in [0.29, 0.717) is 12.3 Å². The number of carbonyl (C=O) groups excluding carboxylic acids is 1. The third kappa shape index (κ3) is 3.37. The van der Waals surface area contributed by atoms with Crippen molar-refractivity contribution in [2.24, 2.45) is 0 Å².